The molecular formula is C18H20N2O. The highest BCUT2D eigenvalue weighted by Crippen LogP contribution is 2.29. The number of rotatable bonds is 3. The third-order valence-electron chi connectivity index (χ3n) is 3.87. The molecule has 1 heterocycles. The fraction of sp³-hybridized carbons (Fsp3) is 0.278. The average molecular weight is 280 g/mol. The molecule has 0 unspecified atom stereocenters. The third kappa shape index (κ3) is 2.77. The second-order valence-corrected chi connectivity index (χ2v) is 5.25. The Hall–Kier alpha value is -2.29. The molecule has 0 spiro atoms. The Morgan fingerprint density at radius 1 is 1.14 bits per heavy atom. The van der Waals surface area contributed by atoms with Crippen molar-refractivity contribution in [2.45, 2.75) is 6.42 Å². The SMILES string of the molecule is COc1ccc2ccccc2c1/C=C\C1=NCCCN1C. The molecule has 0 fully saturated rings. The van der Waals surface area contributed by atoms with E-state index in [1.165, 1.54) is 10.8 Å². The maximum atomic E-state index is 5.52. The van der Waals surface area contributed by atoms with Crippen LogP contribution in [0.2, 0.25) is 0 Å². The predicted molar refractivity (Wildman–Crippen MR) is 89.1 cm³/mol. The minimum atomic E-state index is 0.893. The third-order valence-corrected chi connectivity index (χ3v) is 3.87. The van der Waals surface area contributed by atoms with Crippen LogP contribution in [0.15, 0.2) is 47.5 Å². The van der Waals surface area contributed by atoms with E-state index in [2.05, 4.69) is 59.4 Å². The molecule has 108 valence electrons. The number of aliphatic imine (C=N–C) groups is 1. The lowest BCUT2D eigenvalue weighted by atomic mass is 10.0. The molecule has 2 aromatic rings. The molecule has 0 saturated heterocycles. The number of hydrogen-bond donors (Lipinski definition) is 0. The number of amidine groups is 1. The van der Waals surface area contributed by atoms with Crippen LogP contribution >= 0.6 is 0 Å². The van der Waals surface area contributed by atoms with Crippen LogP contribution in [0.1, 0.15) is 12.0 Å². The molecule has 3 heteroatoms. The summed E-state index contributed by atoms with van der Waals surface area (Å²) in [6.07, 6.45) is 5.33. The maximum absolute atomic E-state index is 5.52. The minimum absolute atomic E-state index is 0.893. The normalized spacial score (nSPS) is 15.5. The van der Waals surface area contributed by atoms with Crippen molar-refractivity contribution in [3.63, 3.8) is 0 Å². The molecule has 0 aliphatic carbocycles. The molecule has 21 heavy (non-hydrogen) atoms. The van der Waals surface area contributed by atoms with Gasteiger partial charge in [-0.1, -0.05) is 30.3 Å². The predicted octanol–water partition coefficient (Wildman–Crippen LogP) is 3.60. The Bertz CT molecular complexity index is 703. The Morgan fingerprint density at radius 3 is 2.81 bits per heavy atom. The van der Waals surface area contributed by atoms with Gasteiger partial charge >= 0.3 is 0 Å². The van der Waals surface area contributed by atoms with Crippen LogP contribution in [0.3, 0.4) is 0 Å². The lowest BCUT2D eigenvalue weighted by Crippen LogP contribution is -2.30. The van der Waals surface area contributed by atoms with E-state index in [1.54, 1.807) is 7.11 Å². The van der Waals surface area contributed by atoms with Crippen LogP contribution in [-0.2, 0) is 0 Å². The number of methoxy groups -OCH3 is 1. The largest absolute Gasteiger partial charge is 0.496 e. The Balaban J connectivity index is 2.04. The fourth-order valence-electron chi connectivity index (χ4n) is 2.70. The first-order valence-electron chi connectivity index (χ1n) is 7.29. The second kappa shape index (κ2) is 6.00. The molecule has 0 aromatic heterocycles. The number of likely N-dealkylation sites (N-methyl/N-ethyl adjacent to an activating group) is 1. The van der Waals surface area contributed by atoms with Gasteiger partial charge in [-0.25, -0.2) is 0 Å². The summed E-state index contributed by atoms with van der Waals surface area (Å²) >= 11 is 0. The molecule has 0 bridgehead atoms. The summed E-state index contributed by atoms with van der Waals surface area (Å²) in [7, 11) is 3.80. The van der Waals surface area contributed by atoms with E-state index < -0.39 is 0 Å². The van der Waals surface area contributed by atoms with Crippen molar-refractivity contribution in [1.29, 1.82) is 0 Å². The topological polar surface area (TPSA) is 24.8 Å². The summed E-state index contributed by atoms with van der Waals surface area (Å²) in [6.45, 7) is 1.98. The standard InChI is InChI=1S/C18H20N2O/c1-20-13-5-12-19-18(20)11-9-16-15-7-4-3-6-14(15)8-10-17(16)21-2/h3-4,6-11H,5,12-13H2,1-2H3/b11-9-. The summed E-state index contributed by atoms with van der Waals surface area (Å²) in [4.78, 5) is 6.77. The minimum Gasteiger partial charge on any atom is -0.496 e. The molecule has 0 atom stereocenters. The van der Waals surface area contributed by atoms with Gasteiger partial charge in [-0.05, 0) is 35.4 Å². The van der Waals surface area contributed by atoms with E-state index in [9.17, 15) is 0 Å². The average Bonchev–Trinajstić information content (AvgIpc) is 2.53. The number of nitrogens with zero attached hydrogens (tertiary/aromatic N) is 2. The van der Waals surface area contributed by atoms with Gasteiger partial charge in [-0.2, -0.15) is 0 Å². The molecule has 0 N–H and O–H groups in total. The zero-order valence-corrected chi connectivity index (χ0v) is 12.5. The van der Waals surface area contributed by atoms with Crippen LogP contribution in [-0.4, -0.2) is 38.0 Å². The van der Waals surface area contributed by atoms with Crippen molar-refractivity contribution in [2.24, 2.45) is 4.99 Å². The second-order valence-electron chi connectivity index (χ2n) is 5.25. The molecule has 3 rings (SSSR count). The van der Waals surface area contributed by atoms with Gasteiger partial charge in [0.1, 0.15) is 11.6 Å². The van der Waals surface area contributed by atoms with Gasteiger partial charge < -0.3 is 9.64 Å². The van der Waals surface area contributed by atoms with Crippen molar-refractivity contribution in [3.8, 4) is 5.75 Å². The van der Waals surface area contributed by atoms with Gasteiger partial charge in [-0.3, -0.25) is 4.99 Å². The monoisotopic (exact) mass is 280 g/mol. The van der Waals surface area contributed by atoms with Gasteiger partial charge in [0.05, 0.1) is 7.11 Å². The lowest BCUT2D eigenvalue weighted by molar-refractivity contribution is 0.414. The van der Waals surface area contributed by atoms with Gasteiger partial charge in [0.15, 0.2) is 0 Å². The van der Waals surface area contributed by atoms with E-state index in [0.717, 1.165) is 36.7 Å². The van der Waals surface area contributed by atoms with Gasteiger partial charge in [0, 0.05) is 25.7 Å². The van der Waals surface area contributed by atoms with Gasteiger partial charge in [-0.15, -0.1) is 0 Å². The molecule has 2 aromatic carbocycles. The highest BCUT2D eigenvalue weighted by molar-refractivity contribution is 6.00. The summed E-state index contributed by atoms with van der Waals surface area (Å²) in [5, 5.41) is 2.42. The van der Waals surface area contributed by atoms with E-state index in [4.69, 9.17) is 4.74 Å². The zero-order chi connectivity index (χ0) is 14.7. The highest BCUT2D eigenvalue weighted by Gasteiger charge is 2.09. The molecule has 0 amide bonds. The summed E-state index contributed by atoms with van der Waals surface area (Å²) < 4.78 is 5.52. The van der Waals surface area contributed by atoms with Crippen LogP contribution in [0.5, 0.6) is 5.75 Å². The molecule has 3 nitrogen and oxygen atoms in total. The molecule has 1 aliphatic rings. The lowest BCUT2D eigenvalue weighted by Gasteiger charge is -2.22. The van der Waals surface area contributed by atoms with E-state index in [1.807, 2.05) is 6.07 Å². The number of hydrogen-bond acceptors (Lipinski definition) is 3. The Kier molecular flexibility index (Phi) is 3.91. The quantitative estimate of drug-likeness (QED) is 0.858. The van der Waals surface area contributed by atoms with E-state index >= 15 is 0 Å². The summed E-state index contributed by atoms with van der Waals surface area (Å²) in [5.74, 6) is 1.93. The van der Waals surface area contributed by atoms with Crippen molar-refractivity contribution in [1.82, 2.24) is 4.90 Å². The molecule has 1 aliphatic heterocycles. The first-order chi connectivity index (χ1) is 10.3. The first kappa shape index (κ1) is 13.7. The number of ether oxygens (including phenoxy) is 1. The van der Waals surface area contributed by atoms with Crippen LogP contribution < -0.4 is 4.74 Å². The fourth-order valence-corrected chi connectivity index (χ4v) is 2.70. The van der Waals surface area contributed by atoms with E-state index in [0.29, 0.717) is 0 Å². The smallest absolute Gasteiger partial charge is 0.126 e. The first-order valence-corrected chi connectivity index (χ1v) is 7.29. The molecule has 0 radical (unpaired) electrons. The summed E-state index contributed by atoms with van der Waals surface area (Å²) in [6, 6.07) is 12.5. The number of fused-ring (bicyclic) bond motifs is 1. The van der Waals surface area contributed by atoms with Crippen LogP contribution in [0.4, 0.5) is 0 Å². The molecular weight excluding hydrogens is 260 g/mol. The maximum Gasteiger partial charge on any atom is 0.126 e. The summed E-state index contributed by atoms with van der Waals surface area (Å²) in [5.41, 5.74) is 1.11. The van der Waals surface area contributed by atoms with Crippen molar-refractivity contribution in [2.75, 3.05) is 27.2 Å². The van der Waals surface area contributed by atoms with Crippen molar-refractivity contribution >= 4 is 22.7 Å². The zero-order valence-electron chi connectivity index (χ0n) is 12.5. The van der Waals surface area contributed by atoms with Crippen LogP contribution in [0, 0.1) is 0 Å². The van der Waals surface area contributed by atoms with Crippen molar-refractivity contribution in [3.05, 3.63) is 48.0 Å². The number of benzene rings is 2. The van der Waals surface area contributed by atoms with Crippen LogP contribution in [0.25, 0.3) is 16.8 Å². The van der Waals surface area contributed by atoms with Gasteiger partial charge in [0.2, 0.25) is 0 Å². The molecule has 0 saturated carbocycles. The van der Waals surface area contributed by atoms with Gasteiger partial charge in [0.25, 0.3) is 0 Å². The Morgan fingerprint density at radius 2 is 2.00 bits per heavy atom. The highest BCUT2D eigenvalue weighted by atomic mass is 16.5. The Labute approximate surface area is 125 Å². The van der Waals surface area contributed by atoms with Crippen molar-refractivity contribution < 1.29 is 4.74 Å². The van der Waals surface area contributed by atoms with E-state index in [-0.39, 0.29) is 0 Å².